The first kappa shape index (κ1) is 12.2. The first-order chi connectivity index (χ1) is 9.38. The Morgan fingerprint density at radius 1 is 0.895 bits per heavy atom. The maximum absolute atomic E-state index is 6.02. The monoisotopic (exact) mass is 313 g/mol. The molecule has 0 amide bonds. The summed E-state index contributed by atoms with van der Waals surface area (Å²) in [6.07, 6.45) is 1.78. The van der Waals surface area contributed by atoms with E-state index in [1.54, 1.807) is 6.20 Å². The number of fused-ring (bicyclic) bond motifs is 1. The summed E-state index contributed by atoms with van der Waals surface area (Å²) in [6.45, 7) is 0. The lowest BCUT2D eigenvalue weighted by Gasteiger charge is -2.10. The third kappa shape index (κ3) is 2.47. The Hall–Kier alpha value is -1.87. The van der Waals surface area contributed by atoms with E-state index in [9.17, 15) is 0 Å². The number of rotatable bonds is 3. The molecule has 2 aromatic carbocycles. The molecule has 0 radical (unpaired) electrons. The fraction of sp³-hybridized carbons (Fsp3) is 0.0625. The fourth-order valence-corrected chi connectivity index (χ4v) is 2.45. The number of para-hydroxylation sites is 2. The minimum absolute atomic E-state index is 0.765. The zero-order chi connectivity index (χ0) is 13.1. The number of alkyl halides is 1. The van der Waals surface area contributed by atoms with Gasteiger partial charge >= 0.3 is 0 Å². The van der Waals surface area contributed by atoms with Gasteiger partial charge < -0.3 is 4.74 Å². The highest BCUT2D eigenvalue weighted by Crippen LogP contribution is 2.30. The molecule has 0 aliphatic heterocycles. The van der Waals surface area contributed by atoms with Gasteiger partial charge in [-0.15, -0.1) is 0 Å². The molecule has 94 valence electrons. The van der Waals surface area contributed by atoms with Crippen molar-refractivity contribution in [2.75, 3.05) is 0 Å². The van der Waals surface area contributed by atoms with Crippen LogP contribution in [0.3, 0.4) is 0 Å². The summed E-state index contributed by atoms with van der Waals surface area (Å²) in [7, 11) is 0. The van der Waals surface area contributed by atoms with Crippen LogP contribution in [0.15, 0.2) is 60.8 Å². The Morgan fingerprint density at radius 2 is 1.68 bits per heavy atom. The van der Waals surface area contributed by atoms with Crippen LogP contribution in [0.1, 0.15) is 5.56 Å². The second-order valence-corrected chi connectivity index (χ2v) is 4.74. The van der Waals surface area contributed by atoms with Crippen molar-refractivity contribution in [3.63, 3.8) is 0 Å². The first-order valence-electron chi connectivity index (χ1n) is 6.04. The number of pyridine rings is 1. The second kappa shape index (κ2) is 5.41. The lowest BCUT2D eigenvalue weighted by atomic mass is 10.2. The maximum Gasteiger partial charge on any atom is 0.153 e. The lowest BCUT2D eigenvalue weighted by molar-refractivity contribution is 0.483. The molecule has 3 heteroatoms. The van der Waals surface area contributed by atoms with Crippen LogP contribution in [0, 0.1) is 0 Å². The van der Waals surface area contributed by atoms with Crippen LogP contribution in [0.4, 0.5) is 0 Å². The van der Waals surface area contributed by atoms with Crippen molar-refractivity contribution in [3.8, 4) is 11.5 Å². The third-order valence-corrected chi connectivity index (χ3v) is 3.54. The molecule has 0 saturated carbocycles. The summed E-state index contributed by atoms with van der Waals surface area (Å²) < 4.78 is 6.02. The van der Waals surface area contributed by atoms with E-state index in [4.69, 9.17) is 4.74 Å². The topological polar surface area (TPSA) is 22.1 Å². The summed E-state index contributed by atoms with van der Waals surface area (Å²) in [6, 6.07) is 17.9. The number of benzene rings is 2. The Kier molecular flexibility index (Phi) is 3.47. The minimum Gasteiger partial charge on any atom is -0.455 e. The smallest absolute Gasteiger partial charge is 0.153 e. The van der Waals surface area contributed by atoms with Crippen molar-refractivity contribution in [1.82, 2.24) is 4.98 Å². The quantitative estimate of drug-likeness (QED) is 0.640. The van der Waals surface area contributed by atoms with E-state index in [0.717, 1.165) is 33.3 Å². The van der Waals surface area contributed by atoms with E-state index in [2.05, 4.69) is 20.9 Å². The maximum atomic E-state index is 6.02. The number of aromatic nitrogens is 1. The zero-order valence-electron chi connectivity index (χ0n) is 10.2. The van der Waals surface area contributed by atoms with Gasteiger partial charge in [-0.05, 0) is 18.2 Å². The van der Waals surface area contributed by atoms with E-state index in [0.29, 0.717) is 0 Å². The summed E-state index contributed by atoms with van der Waals surface area (Å²) in [5.74, 6) is 1.64. The lowest BCUT2D eigenvalue weighted by Crippen LogP contribution is -1.91. The van der Waals surface area contributed by atoms with Gasteiger partial charge in [0.1, 0.15) is 11.3 Å². The SMILES string of the molecule is BrCc1ccccc1Oc1cccc2cccnc12. The number of halogens is 1. The molecule has 3 rings (SSSR count). The molecule has 0 atom stereocenters. The third-order valence-electron chi connectivity index (χ3n) is 2.93. The average molecular weight is 314 g/mol. The van der Waals surface area contributed by atoms with E-state index >= 15 is 0 Å². The first-order valence-corrected chi connectivity index (χ1v) is 7.16. The van der Waals surface area contributed by atoms with Gasteiger partial charge in [0.05, 0.1) is 0 Å². The molecule has 0 unspecified atom stereocenters. The molecule has 0 aliphatic rings. The molecule has 0 aliphatic carbocycles. The molecule has 3 aromatic rings. The molecular formula is C16H12BrNO. The molecule has 1 heterocycles. The normalized spacial score (nSPS) is 10.6. The molecule has 19 heavy (non-hydrogen) atoms. The van der Waals surface area contributed by atoms with E-state index in [-0.39, 0.29) is 0 Å². The van der Waals surface area contributed by atoms with E-state index < -0.39 is 0 Å². The van der Waals surface area contributed by atoms with Gasteiger partial charge in [-0.1, -0.05) is 52.3 Å². The van der Waals surface area contributed by atoms with Crippen molar-refractivity contribution < 1.29 is 4.74 Å². The van der Waals surface area contributed by atoms with Crippen LogP contribution < -0.4 is 4.74 Å². The molecular weight excluding hydrogens is 302 g/mol. The Morgan fingerprint density at radius 3 is 2.58 bits per heavy atom. The highest BCUT2D eigenvalue weighted by Gasteiger charge is 2.06. The fourth-order valence-electron chi connectivity index (χ4n) is 1.99. The molecule has 0 N–H and O–H groups in total. The van der Waals surface area contributed by atoms with Gasteiger partial charge in [0.25, 0.3) is 0 Å². The number of hydrogen-bond donors (Lipinski definition) is 0. The highest BCUT2D eigenvalue weighted by molar-refractivity contribution is 9.08. The standard InChI is InChI=1S/C16H12BrNO/c17-11-13-5-1-2-8-14(13)19-15-9-3-6-12-7-4-10-18-16(12)15/h1-10H,11H2. The van der Waals surface area contributed by atoms with Crippen LogP contribution >= 0.6 is 15.9 Å². The summed E-state index contributed by atoms with van der Waals surface area (Å²) >= 11 is 3.48. The molecule has 0 saturated heterocycles. The van der Waals surface area contributed by atoms with Crippen LogP contribution in [0.2, 0.25) is 0 Å². The summed E-state index contributed by atoms with van der Waals surface area (Å²) in [5, 5.41) is 1.85. The zero-order valence-corrected chi connectivity index (χ0v) is 11.8. The molecule has 1 aromatic heterocycles. The molecule has 0 fully saturated rings. The molecule has 2 nitrogen and oxygen atoms in total. The van der Waals surface area contributed by atoms with Gasteiger partial charge in [-0.3, -0.25) is 4.98 Å². The number of ether oxygens (including phenoxy) is 1. The van der Waals surface area contributed by atoms with Crippen LogP contribution in [0.25, 0.3) is 10.9 Å². The Balaban J connectivity index is 2.06. The van der Waals surface area contributed by atoms with Gasteiger partial charge in [-0.25, -0.2) is 0 Å². The molecule has 0 bridgehead atoms. The Bertz CT molecular complexity index is 706. The van der Waals surface area contributed by atoms with Crippen molar-refractivity contribution in [2.45, 2.75) is 5.33 Å². The van der Waals surface area contributed by atoms with Gasteiger partial charge in [-0.2, -0.15) is 0 Å². The van der Waals surface area contributed by atoms with Gasteiger partial charge in [0.2, 0.25) is 0 Å². The summed E-state index contributed by atoms with van der Waals surface area (Å²) in [4.78, 5) is 4.40. The molecule has 0 spiro atoms. The van der Waals surface area contributed by atoms with Crippen molar-refractivity contribution in [2.24, 2.45) is 0 Å². The number of hydrogen-bond acceptors (Lipinski definition) is 2. The van der Waals surface area contributed by atoms with Crippen LogP contribution in [-0.4, -0.2) is 4.98 Å². The highest BCUT2D eigenvalue weighted by atomic mass is 79.9. The van der Waals surface area contributed by atoms with Crippen molar-refractivity contribution in [1.29, 1.82) is 0 Å². The van der Waals surface area contributed by atoms with Crippen LogP contribution in [0.5, 0.6) is 11.5 Å². The largest absolute Gasteiger partial charge is 0.455 e. The van der Waals surface area contributed by atoms with Crippen molar-refractivity contribution >= 4 is 26.8 Å². The van der Waals surface area contributed by atoms with Crippen LogP contribution in [-0.2, 0) is 5.33 Å². The minimum atomic E-state index is 0.765. The van der Waals surface area contributed by atoms with E-state index in [1.165, 1.54) is 0 Å². The second-order valence-electron chi connectivity index (χ2n) is 4.17. The predicted octanol–water partition coefficient (Wildman–Crippen LogP) is 4.92. The summed E-state index contributed by atoms with van der Waals surface area (Å²) in [5.41, 5.74) is 2.00. The predicted molar refractivity (Wildman–Crippen MR) is 80.9 cm³/mol. The number of nitrogens with zero attached hydrogens (tertiary/aromatic N) is 1. The van der Waals surface area contributed by atoms with E-state index in [1.807, 2.05) is 54.6 Å². The average Bonchev–Trinajstić information content (AvgIpc) is 2.48. The Labute approximate surface area is 120 Å². The van der Waals surface area contributed by atoms with Gasteiger partial charge in [0, 0.05) is 22.5 Å². The van der Waals surface area contributed by atoms with Crippen molar-refractivity contribution in [3.05, 3.63) is 66.4 Å². The van der Waals surface area contributed by atoms with Gasteiger partial charge in [0.15, 0.2) is 5.75 Å².